The van der Waals surface area contributed by atoms with Crippen LogP contribution in [0.5, 0.6) is 0 Å². The lowest BCUT2D eigenvalue weighted by Gasteiger charge is -1.90. The molecule has 7 heteroatoms. The van der Waals surface area contributed by atoms with Crippen LogP contribution in [0.4, 0.5) is 0 Å². The molecular weight excluding hydrogens is 220 g/mol. The van der Waals surface area contributed by atoms with Gasteiger partial charge in [0.1, 0.15) is 6.33 Å². The predicted octanol–water partition coefficient (Wildman–Crippen LogP) is 0.977. The van der Waals surface area contributed by atoms with Crippen LogP contribution in [0.1, 0.15) is 0 Å². The monoisotopic (exact) mass is 228 g/mol. The first-order valence-corrected chi connectivity index (χ1v) is 5.21. The molecule has 15 heavy (non-hydrogen) atoms. The lowest BCUT2D eigenvalue weighted by atomic mass is 10.2. The number of benzene rings is 1. The van der Waals surface area contributed by atoms with Gasteiger partial charge in [-0.3, -0.25) is 9.11 Å². The molecule has 0 fully saturated rings. The summed E-state index contributed by atoms with van der Waals surface area (Å²) < 4.78 is 31.6. The quantitative estimate of drug-likeness (QED) is 0.652. The number of aromatic nitrogens is 2. The Labute approximate surface area is 86.2 Å². The van der Waals surface area contributed by atoms with E-state index in [0.29, 0.717) is 0 Å². The zero-order chi connectivity index (χ0) is 11.3. The maximum absolute atomic E-state index is 8.74. The van der Waals surface area contributed by atoms with Crippen molar-refractivity contribution in [1.82, 2.24) is 9.97 Å². The van der Waals surface area contributed by atoms with Crippen LogP contribution in [-0.2, 0) is 10.4 Å². The molecule has 0 atom stereocenters. The first kappa shape index (κ1) is 11.5. The third-order valence-corrected chi connectivity index (χ3v) is 1.41. The Morgan fingerprint density at radius 2 is 1.73 bits per heavy atom. The van der Waals surface area contributed by atoms with Crippen molar-refractivity contribution < 1.29 is 17.5 Å². The Balaban J connectivity index is 0.000000195. The van der Waals surface area contributed by atoms with Gasteiger partial charge in [-0.05, 0) is 6.07 Å². The Morgan fingerprint density at radius 1 is 1.13 bits per heavy atom. The lowest BCUT2D eigenvalue weighted by Crippen LogP contribution is -1.89. The van der Waals surface area contributed by atoms with Crippen LogP contribution in [0.3, 0.4) is 0 Å². The van der Waals surface area contributed by atoms with Crippen LogP contribution in [0.15, 0.2) is 36.8 Å². The first-order valence-electron chi connectivity index (χ1n) is 3.81. The molecule has 0 unspecified atom stereocenters. The summed E-state index contributed by atoms with van der Waals surface area (Å²) in [6, 6.07) is 7.91. The topological polar surface area (TPSA) is 100 Å². The highest BCUT2D eigenvalue weighted by molar-refractivity contribution is 7.79. The molecule has 1 aromatic heterocycles. The van der Waals surface area contributed by atoms with E-state index in [9.17, 15) is 0 Å². The fourth-order valence-corrected chi connectivity index (χ4v) is 0.923. The highest BCUT2D eigenvalue weighted by Gasteiger charge is 1.87. The summed E-state index contributed by atoms with van der Waals surface area (Å²) in [5.41, 5.74) is 0.998. The molecule has 0 radical (unpaired) electrons. The van der Waals surface area contributed by atoms with E-state index in [0.717, 1.165) is 10.9 Å². The van der Waals surface area contributed by atoms with Gasteiger partial charge in [0, 0.05) is 11.6 Å². The molecule has 0 amide bonds. The first-order chi connectivity index (χ1) is 6.97. The Bertz CT molecular complexity index is 468. The van der Waals surface area contributed by atoms with Gasteiger partial charge < -0.3 is 0 Å². The van der Waals surface area contributed by atoms with E-state index in [2.05, 4.69) is 9.97 Å². The zero-order valence-corrected chi connectivity index (χ0v) is 8.29. The van der Waals surface area contributed by atoms with Gasteiger partial charge in [0.15, 0.2) is 0 Å². The van der Waals surface area contributed by atoms with Gasteiger partial charge >= 0.3 is 10.4 Å². The highest BCUT2D eigenvalue weighted by Crippen LogP contribution is 2.06. The number of fused-ring (bicyclic) bond motifs is 1. The highest BCUT2D eigenvalue weighted by atomic mass is 32.3. The fraction of sp³-hybridized carbons (Fsp3) is 0. The SMILES string of the molecule is O=S(=O)(O)O.c1ccc2ncncc2c1. The maximum Gasteiger partial charge on any atom is 0.394 e. The second-order valence-corrected chi connectivity index (χ2v) is 3.43. The average Bonchev–Trinajstić information content (AvgIpc) is 2.16. The Hall–Kier alpha value is -1.57. The van der Waals surface area contributed by atoms with Crippen LogP contribution in [-0.4, -0.2) is 27.5 Å². The molecule has 1 aromatic carbocycles. The summed E-state index contributed by atoms with van der Waals surface area (Å²) in [6.07, 6.45) is 3.37. The molecule has 1 heterocycles. The van der Waals surface area contributed by atoms with E-state index in [-0.39, 0.29) is 0 Å². The molecule has 0 saturated heterocycles. The minimum absolute atomic E-state index is 0.998. The summed E-state index contributed by atoms with van der Waals surface area (Å²) in [5, 5.41) is 1.09. The minimum atomic E-state index is -4.67. The van der Waals surface area contributed by atoms with Crippen molar-refractivity contribution >= 4 is 21.3 Å². The minimum Gasteiger partial charge on any atom is -0.264 e. The Kier molecular flexibility index (Phi) is 3.67. The molecule has 0 saturated carbocycles. The second-order valence-electron chi connectivity index (χ2n) is 2.53. The molecule has 80 valence electrons. The van der Waals surface area contributed by atoms with Crippen LogP contribution in [0.25, 0.3) is 10.9 Å². The molecule has 2 rings (SSSR count). The normalized spacial score (nSPS) is 10.5. The van der Waals surface area contributed by atoms with Crippen LogP contribution >= 0.6 is 0 Å². The van der Waals surface area contributed by atoms with Gasteiger partial charge in [-0.25, -0.2) is 9.97 Å². The van der Waals surface area contributed by atoms with Gasteiger partial charge in [-0.15, -0.1) is 0 Å². The lowest BCUT2D eigenvalue weighted by molar-refractivity contribution is 0.381. The van der Waals surface area contributed by atoms with Crippen molar-refractivity contribution in [3.05, 3.63) is 36.8 Å². The van der Waals surface area contributed by atoms with Crippen LogP contribution < -0.4 is 0 Å². The molecule has 0 spiro atoms. The molecule has 0 bridgehead atoms. The van der Waals surface area contributed by atoms with E-state index in [1.807, 2.05) is 30.5 Å². The van der Waals surface area contributed by atoms with Gasteiger partial charge in [0.05, 0.1) is 5.52 Å². The third kappa shape index (κ3) is 5.01. The third-order valence-electron chi connectivity index (χ3n) is 1.41. The van der Waals surface area contributed by atoms with Crippen LogP contribution in [0, 0.1) is 0 Å². The summed E-state index contributed by atoms with van der Waals surface area (Å²) in [5.74, 6) is 0. The molecule has 2 aromatic rings. The molecule has 0 aliphatic heterocycles. The fourth-order valence-electron chi connectivity index (χ4n) is 0.923. The summed E-state index contributed by atoms with van der Waals surface area (Å²) in [6.45, 7) is 0. The standard InChI is InChI=1S/C8H6N2.H2O4S/c1-2-4-8-7(3-1)5-9-6-10-8;1-5(2,3)4/h1-6H;(H2,1,2,3,4). The van der Waals surface area contributed by atoms with Crippen molar-refractivity contribution in [2.24, 2.45) is 0 Å². The van der Waals surface area contributed by atoms with E-state index in [1.54, 1.807) is 6.33 Å². The molecule has 6 nitrogen and oxygen atoms in total. The smallest absolute Gasteiger partial charge is 0.264 e. The molecule has 0 aliphatic rings. The van der Waals surface area contributed by atoms with Crippen molar-refractivity contribution in [2.75, 3.05) is 0 Å². The maximum atomic E-state index is 8.74. The zero-order valence-electron chi connectivity index (χ0n) is 7.48. The van der Waals surface area contributed by atoms with E-state index in [1.165, 1.54) is 0 Å². The molecule has 0 aliphatic carbocycles. The van der Waals surface area contributed by atoms with Crippen molar-refractivity contribution in [1.29, 1.82) is 0 Å². The molecular formula is C8H8N2O4S. The second kappa shape index (κ2) is 4.78. The van der Waals surface area contributed by atoms with E-state index < -0.39 is 10.4 Å². The summed E-state index contributed by atoms with van der Waals surface area (Å²) in [4.78, 5) is 7.97. The van der Waals surface area contributed by atoms with Gasteiger partial charge in [-0.1, -0.05) is 18.2 Å². The van der Waals surface area contributed by atoms with Crippen molar-refractivity contribution in [2.45, 2.75) is 0 Å². The number of nitrogens with zero attached hydrogens (tertiary/aromatic N) is 2. The molecule has 2 N–H and O–H groups in total. The average molecular weight is 228 g/mol. The summed E-state index contributed by atoms with van der Waals surface area (Å²) in [7, 11) is -4.67. The van der Waals surface area contributed by atoms with Gasteiger partial charge in [0.25, 0.3) is 0 Å². The number of para-hydroxylation sites is 1. The largest absolute Gasteiger partial charge is 0.394 e. The predicted molar refractivity (Wildman–Crippen MR) is 53.7 cm³/mol. The Morgan fingerprint density at radius 3 is 2.33 bits per heavy atom. The van der Waals surface area contributed by atoms with Crippen molar-refractivity contribution in [3.63, 3.8) is 0 Å². The van der Waals surface area contributed by atoms with Crippen LogP contribution in [0.2, 0.25) is 0 Å². The number of rotatable bonds is 0. The summed E-state index contributed by atoms with van der Waals surface area (Å²) >= 11 is 0. The number of hydrogen-bond acceptors (Lipinski definition) is 4. The van der Waals surface area contributed by atoms with E-state index in [4.69, 9.17) is 17.5 Å². The van der Waals surface area contributed by atoms with E-state index >= 15 is 0 Å². The van der Waals surface area contributed by atoms with Gasteiger partial charge in [-0.2, -0.15) is 8.42 Å². The van der Waals surface area contributed by atoms with Crippen molar-refractivity contribution in [3.8, 4) is 0 Å². The number of hydrogen-bond donors (Lipinski definition) is 2. The van der Waals surface area contributed by atoms with Gasteiger partial charge in [0.2, 0.25) is 0 Å².